The van der Waals surface area contributed by atoms with Crippen molar-refractivity contribution in [3.05, 3.63) is 46.5 Å². The second kappa shape index (κ2) is 5.42. The highest BCUT2D eigenvalue weighted by Gasteiger charge is 2.22. The molecule has 2 aromatic heterocycles. The Morgan fingerprint density at radius 3 is 3.05 bits per heavy atom. The Hall–Kier alpha value is -2.21. The molecule has 0 spiro atoms. The number of pyridine rings is 1. The van der Waals surface area contributed by atoms with Crippen LogP contribution in [0, 0.1) is 0 Å². The zero-order valence-electron chi connectivity index (χ0n) is 11.0. The van der Waals surface area contributed by atoms with Gasteiger partial charge in [-0.15, -0.1) is 0 Å². The van der Waals surface area contributed by atoms with Crippen LogP contribution in [-0.4, -0.2) is 27.9 Å². The number of nitrogens with zero attached hydrogens (tertiary/aromatic N) is 2. The van der Waals surface area contributed by atoms with Crippen LogP contribution in [0.2, 0.25) is 0 Å². The van der Waals surface area contributed by atoms with Crippen LogP contribution < -0.4 is 16.2 Å². The van der Waals surface area contributed by atoms with E-state index in [4.69, 9.17) is 0 Å². The van der Waals surface area contributed by atoms with Crippen LogP contribution in [0.15, 0.2) is 35.3 Å². The van der Waals surface area contributed by atoms with E-state index in [1.807, 2.05) is 6.07 Å². The van der Waals surface area contributed by atoms with Gasteiger partial charge in [0.2, 0.25) is 5.91 Å². The van der Waals surface area contributed by atoms with Crippen molar-refractivity contribution < 1.29 is 4.79 Å². The summed E-state index contributed by atoms with van der Waals surface area (Å²) in [6, 6.07) is 7.26. The van der Waals surface area contributed by atoms with Crippen molar-refractivity contribution in [2.75, 3.05) is 6.54 Å². The maximum absolute atomic E-state index is 11.9. The minimum atomic E-state index is -0.116. The highest BCUT2D eigenvalue weighted by atomic mass is 16.2. The standard InChI is InChI=1S/C14H16N4O2/c19-13(17-10-4-5-10)9-15-8-11-7-14(20)18-6-2-1-3-12(18)16-11/h1-3,6-7,10,15H,4-5,8-9H2,(H,17,19). The molecule has 2 heterocycles. The normalized spacial score (nSPS) is 14.4. The average molecular weight is 272 g/mol. The molecular formula is C14H16N4O2. The van der Waals surface area contributed by atoms with Crippen molar-refractivity contribution >= 4 is 11.6 Å². The topological polar surface area (TPSA) is 75.5 Å². The highest BCUT2D eigenvalue weighted by Crippen LogP contribution is 2.18. The lowest BCUT2D eigenvalue weighted by Crippen LogP contribution is -2.35. The van der Waals surface area contributed by atoms with Crippen LogP contribution in [0.25, 0.3) is 5.65 Å². The Bertz CT molecular complexity index is 691. The summed E-state index contributed by atoms with van der Waals surface area (Å²) in [5, 5.41) is 5.90. The zero-order valence-corrected chi connectivity index (χ0v) is 11.0. The molecule has 1 saturated carbocycles. The van der Waals surface area contributed by atoms with E-state index < -0.39 is 0 Å². The second-order valence-corrected chi connectivity index (χ2v) is 4.96. The number of carbonyl (C=O) groups excluding carboxylic acids is 1. The van der Waals surface area contributed by atoms with Gasteiger partial charge in [0.25, 0.3) is 5.56 Å². The largest absolute Gasteiger partial charge is 0.352 e. The summed E-state index contributed by atoms with van der Waals surface area (Å²) in [5.74, 6) is -0.00925. The fraction of sp³-hybridized carbons (Fsp3) is 0.357. The molecule has 104 valence electrons. The van der Waals surface area contributed by atoms with Crippen LogP contribution in [0.4, 0.5) is 0 Å². The van der Waals surface area contributed by atoms with Gasteiger partial charge in [0, 0.05) is 24.8 Å². The summed E-state index contributed by atoms with van der Waals surface area (Å²) in [4.78, 5) is 27.7. The summed E-state index contributed by atoms with van der Waals surface area (Å²) in [5.41, 5.74) is 1.13. The van der Waals surface area contributed by atoms with Gasteiger partial charge in [0.05, 0.1) is 12.2 Å². The Morgan fingerprint density at radius 1 is 1.40 bits per heavy atom. The third-order valence-electron chi connectivity index (χ3n) is 3.16. The molecule has 1 amide bonds. The molecule has 1 aliphatic rings. The van der Waals surface area contributed by atoms with Crippen molar-refractivity contribution in [1.29, 1.82) is 0 Å². The van der Waals surface area contributed by atoms with Crippen molar-refractivity contribution in [1.82, 2.24) is 20.0 Å². The molecule has 0 unspecified atom stereocenters. The predicted octanol–water partition coefficient (Wildman–Crippen LogP) is 0.0627. The van der Waals surface area contributed by atoms with Gasteiger partial charge in [-0.3, -0.25) is 14.0 Å². The minimum Gasteiger partial charge on any atom is -0.352 e. The number of aromatic nitrogens is 2. The molecule has 0 aromatic carbocycles. The van der Waals surface area contributed by atoms with E-state index in [0.717, 1.165) is 12.8 Å². The van der Waals surface area contributed by atoms with Crippen LogP contribution in [0.5, 0.6) is 0 Å². The van der Waals surface area contributed by atoms with Gasteiger partial charge < -0.3 is 10.6 Å². The number of carbonyl (C=O) groups is 1. The van der Waals surface area contributed by atoms with Crippen LogP contribution >= 0.6 is 0 Å². The SMILES string of the molecule is O=C(CNCc1cc(=O)n2ccccc2n1)NC1CC1. The molecule has 2 aromatic rings. The van der Waals surface area contributed by atoms with E-state index >= 15 is 0 Å². The van der Waals surface area contributed by atoms with Gasteiger partial charge >= 0.3 is 0 Å². The van der Waals surface area contributed by atoms with Crippen molar-refractivity contribution in [3.63, 3.8) is 0 Å². The summed E-state index contributed by atoms with van der Waals surface area (Å²) in [7, 11) is 0. The van der Waals surface area contributed by atoms with Crippen LogP contribution in [0.1, 0.15) is 18.5 Å². The lowest BCUT2D eigenvalue weighted by molar-refractivity contribution is -0.120. The maximum Gasteiger partial charge on any atom is 0.258 e. The molecule has 0 radical (unpaired) electrons. The van der Waals surface area contributed by atoms with E-state index in [9.17, 15) is 9.59 Å². The molecule has 1 aliphatic carbocycles. The van der Waals surface area contributed by atoms with Gasteiger partial charge in [0.15, 0.2) is 0 Å². The lowest BCUT2D eigenvalue weighted by atomic mass is 10.3. The molecule has 0 aliphatic heterocycles. The Morgan fingerprint density at radius 2 is 2.25 bits per heavy atom. The molecule has 0 saturated heterocycles. The number of amides is 1. The first-order chi connectivity index (χ1) is 9.72. The first-order valence-electron chi connectivity index (χ1n) is 6.70. The number of hydrogen-bond acceptors (Lipinski definition) is 4. The number of fused-ring (bicyclic) bond motifs is 1. The minimum absolute atomic E-state index is 0.00925. The molecule has 0 bridgehead atoms. The molecule has 6 nitrogen and oxygen atoms in total. The first kappa shape index (κ1) is 12.8. The third-order valence-corrected chi connectivity index (χ3v) is 3.16. The Labute approximate surface area is 115 Å². The Balaban J connectivity index is 1.62. The smallest absolute Gasteiger partial charge is 0.258 e. The van der Waals surface area contributed by atoms with Gasteiger partial charge in [-0.1, -0.05) is 6.07 Å². The van der Waals surface area contributed by atoms with Crippen molar-refractivity contribution in [3.8, 4) is 0 Å². The Kier molecular flexibility index (Phi) is 3.47. The molecule has 1 fully saturated rings. The molecule has 20 heavy (non-hydrogen) atoms. The fourth-order valence-electron chi connectivity index (χ4n) is 2.00. The summed E-state index contributed by atoms with van der Waals surface area (Å²) in [6.07, 6.45) is 3.84. The van der Waals surface area contributed by atoms with E-state index in [1.165, 1.54) is 10.5 Å². The first-order valence-corrected chi connectivity index (χ1v) is 6.70. The van der Waals surface area contributed by atoms with Gasteiger partial charge in [0.1, 0.15) is 5.65 Å². The number of nitrogens with one attached hydrogen (secondary N) is 2. The number of hydrogen-bond donors (Lipinski definition) is 2. The van der Waals surface area contributed by atoms with Gasteiger partial charge in [-0.25, -0.2) is 4.98 Å². The molecule has 6 heteroatoms. The van der Waals surface area contributed by atoms with Gasteiger partial charge in [-0.2, -0.15) is 0 Å². The van der Waals surface area contributed by atoms with Crippen LogP contribution in [0.3, 0.4) is 0 Å². The predicted molar refractivity (Wildman–Crippen MR) is 74.3 cm³/mol. The monoisotopic (exact) mass is 272 g/mol. The van der Waals surface area contributed by atoms with E-state index in [1.54, 1.807) is 18.3 Å². The fourth-order valence-corrected chi connectivity index (χ4v) is 2.00. The summed E-state index contributed by atoms with van der Waals surface area (Å²) in [6.45, 7) is 0.644. The lowest BCUT2D eigenvalue weighted by Gasteiger charge is -2.06. The van der Waals surface area contributed by atoms with Crippen molar-refractivity contribution in [2.45, 2.75) is 25.4 Å². The van der Waals surface area contributed by atoms with Crippen LogP contribution in [-0.2, 0) is 11.3 Å². The quantitative estimate of drug-likeness (QED) is 0.807. The molecular weight excluding hydrogens is 256 g/mol. The van der Waals surface area contributed by atoms with E-state index in [0.29, 0.717) is 23.9 Å². The second-order valence-electron chi connectivity index (χ2n) is 4.96. The number of rotatable bonds is 5. The van der Waals surface area contributed by atoms with Gasteiger partial charge in [-0.05, 0) is 25.0 Å². The molecule has 2 N–H and O–H groups in total. The third kappa shape index (κ3) is 3.03. The summed E-state index contributed by atoms with van der Waals surface area (Å²) < 4.78 is 1.49. The maximum atomic E-state index is 11.9. The average Bonchev–Trinajstić information content (AvgIpc) is 3.23. The zero-order chi connectivity index (χ0) is 13.9. The molecule has 3 rings (SSSR count). The van der Waals surface area contributed by atoms with E-state index in [-0.39, 0.29) is 18.0 Å². The highest BCUT2D eigenvalue weighted by molar-refractivity contribution is 5.78. The molecule has 0 atom stereocenters. The van der Waals surface area contributed by atoms with E-state index in [2.05, 4.69) is 15.6 Å². The van der Waals surface area contributed by atoms with Crippen molar-refractivity contribution in [2.24, 2.45) is 0 Å². The summed E-state index contributed by atoms with van der Waals surface area (Å²) >= 11 is 0.